The van der Waals surface area contributed by atoms with E-state index < -0.39 is 6.04 Å². The van der Waals surface area contributed by atoms with Crippen molar-refractivity contribution >= 4 is 22.6 Å². The van der Waals surface area contributed by atoms with Gasteiger partial charge >= 0.3 is 0 Å². The van der Waals surface area contributed by atoms with Gasteiger partial charge in [-0.05, 0) is 28.0 Å². The van der Waals surface area contributed by atoms with Gasteiger partial charge in [-0.3, -0.25) is 9.59 Å². The number of amides is 2. The molecular formula is C23H22N2O3. The number of nitrogens with one attached hydrogen (secondary N) is 1. The number of morpholine rings is 1. The molecule has 3 aromatic rings. The van der Waals surface area contributed by atoms with Crippen molar-refractivity contribution in [3.63, 3.8) is 0 Å². The van der Waals surface area contributed by atoms with Crippen molar-refractivity contribution < 1.29 is 14.3 Å². The van der Waals surface area contributed by atoms with Crippen molar-refractivity contribution in [2.24, 2.45) is 0 Å². The quantitative estimate of drug-likeness (QED) is 0.747. The number of benzene rings is 3. The van der Waals surface area contributed by atoms with Crippen LogP contribution in [0, 0.1) is 0 Å². The summed E-state index contributed by atoms with van der Waals surface area (Å²) in [5.41, 5.74) is 2.01. The third-order valence-electron chi connectivity index (χ3n) is 4.98. The Morgan fingerprint density at radius 2 is 1.71 bits per heavy atom. The second-order valence-corrected chi connectivity index (χ2v) is 6.94. The number of carbonyl (C=O) groups excluding carboxylic acids is 2. The van der Waals surface area contributed by atoms with Crippen LogP contribution in [0.5, 0.6) is 0 Å². The molecule has 0 aliphatic carbocycles. The molecular weight excluding hydrogens is 352 g/mol. The molecule has 28 heavy (non-hydrogen) atoms. The minimum atomic E-state index is -0.623. The molecule has 0 aromatic heterocycles. The van der Waals surface area contributed by atoms with Gasteiger partial charge in [-0.1, -0.05) is 66.7 Å². The average molecular weight is 374 g/mol. The highest BCUT2D eigenvalue weighted by Gasteiger charge is 2.33. The largest absolute Gasteiger partial charge is 0.369 e. The topological polar surface area (TPSA) is 58.6 Å². The van der Waals surface area contributed by atoms with E-state index in [9.17, 15) is 9.59 Å². The Morgan fingerprint density at radius 1 is 0.964 bits per heavy atom. The Labute approximate surface area is 163 Å². The van der Waals surface area contributed by atoms with Crippen LogP contribution in [0.3, 0.4) is 0 Å². The Bertz CT molecular complexity index is 987. The lowest BCUT2D eigenvalue weighted by molar-refractivity contribution is -0.155. The molecule has 1 heterocycles. The fraction of sp³-hybridized carbons (Fsp3) is 0.217. The van der Waals surface area contributed by atoms with E-state index >= 15 is 0 Å². The Kier molecular flexibility index (Phi) is 5.35. The maximum Gasteiger partial charge on any atom is 0.249 e. The van der Waals surface area contributed by atoms with Crippen molar-refractivity contribution in [3.8, 4) is 0 Å². The molecule has 0 saturated carbocycles. The molecule has 3 aromatic carbocycles. The second-order valence-electron chi connectivity index (χ2n) is 6.94. The lowest BCUT2D eigenvalue weighted by atomic mass is 10.1. The zero-order valence-electron chi connectivity index (χ0n) is 15.5. The third-order valence-corrected chi connectivity index (χ3v) is 4.98. The lowest BCUT2D eigenvalue weighted by Gasteiger charge is -2.34. The number of fused-ring (bicyclic) bond motifs is 1. The second kappa shape index (κ2) is 8.23. The molecule has 142 valence electrons. The van der Waals surface area contributed by atoms with Gasteiger partial charge in [0.05, 0.1) is 6.61 Å². The van der Waals surface area contributed by atoms with E-state index in [1.807, 2.05) is 54.6 Å². The van der Waals surface area contributed by atoms with Gasteiger partial charge in [0.25, 0.3) is 0 Å². The van der Waals surface area contributed by atoms with Gasteiger partial charge in [0.15, 0.2) is 0 Å². The average Bonchev–Trinajstić information content (AvgIpc) is 2.74. The number of hydrogen-bond acceptors (Lipinski definition) is 3. The van der Waals surface area contributed by atoms with Gasteiger partial charge in [-0.25, -0.2) is 0 Å². The van der Waals surface area contributed by atoms with Crippen LogP contribution in [0.4, 0.5) is 0 Å². The van der Waals surface area contributed by atoms with E-state index in [0.717, 1.165) is 21.9 Å². The summed E-state index contributed by atoms with van der Waals surface area (Å²) in [6, 6.07) is 23.3. The molecule has 1 N–H and O–H groups in total. The van der Waals surface area contributed by atoms with Crippen molar-refractivity contribution in [2.45, 2.75) is 19.1 Å². The molecule has 5 nitrogen and oxygen atoms in total. The molecule has 1 atom stereocenters. The summed E-state index contributed by atoms with van der Waals surface area (Å²) in [5.74, 6) is -0.363. The molecule has 2 amide bonds. The first-order chi connectivity index (χ1) is 13.7. The number of carbonyl (C=O) groups is 2. The fourth-order valence-electron chi connectivity index (χ4n) is 3.46. The molecule has 1 aliphatic heterocycles. The lowest BCUT2D eigenvalue weighted by Crippen LogP contribution is -2.55. The van der Waals surface area contributed by atoms with Crippen molar-refractivity contribution in [1.82, 2.24) is 10.2 Å². The first kappa shape index (κ1) is 18.2. The molecule has 0 bridgehead atoms. The summed E-state index contributed by atoms with van der Waals surface area (Å²) in [6.07, 6.45) is 0. The molecule has 5 heteroatoms. The molecule has 1 saturated heterocycles. The van der Waals surface area contributed by atoms with Crippen LogP contribution in [-0.2, 0) is 27.4 Å². The van der Waals surface area contributed by atoms with Crippen LogP contribution in [0.15, 0.2) is 72.8 Å². The minimum absolute atomic E-state index is 0.0152. The molecule has 1 unspecified atom stereocenters. The predicted octanol–water partition coefficient (Wildman–Crippen LogP) is 2.88. The van der Waals surface area contributed by atoms with Crippen LogP contribution in [0.1, 0.15) is 11.1 Å². The molecule has 0 radical (unpaired) electrons. The van der Waals surface area contributed by atoms with Gasteiger partial charge in [0, 0.05) is 13.1 Å². The monoisotopic (exact) mass is 374 g/mol. The highest BCUT2D eigenvalue weighted by atomic mass is 16.5. The Morgan fingerprint density at radius 3 is 2.54 bits per heavy atom. The zero-order valence-corrected chi connectivity index (χ0v) is 15.5. The van der Waals surface area contributed by atoms with Gasteiger partial charge in [-0.15, -0.1) is 0 Å². The van der Waals surface area contributed by atoms with E-state index in [4.69, 9.17) is 4.74 Å². The first-order valence-corrected chi connectivity index (χ1v) is 9.37. The normalized spacial score (nSPS) is 16.9. The van der Waals surface area contributed by atoms with Gasteiger partial charge < -0.3 is 15.0 Å². The highest BCUT2D eigenvalue weighted by Crippen LogP contribution is 2.17. The van der Waals surface area contributed by atoms with Crippen molar-refractivity contribution in [2.75, 3.05) is 13.2 Å². The van der Waals surface area contributed by atoms with Crippen LogP contribution in [0.25, 0.3) is 10.8 Å². The first-order valence-electron chi connectivity index (χ1n) is 9.37. The zero-order chi connectivity index (χ0) is 19.3. The van der Waals surface area contributed by atoms with Gasteiger partial charge in [0.2, 0.25) is 11.8 Å². The summed E-state index contributed by atoms with van der Waals surface area (Å²) in [6.45, 7) is 1.04. The van der Waals surface area contributed by atoms with Crippen molar-refractivity contribution in [1.29, 1.82) is 0 Å². The van der Waals surface area contributed by atoms with Crippen molar-refractivity contribution in [3.05, 3.63) is 83.9 Å². The van der Waals surface area contributed by atoms with Crippen LogP contribution >= 0.6 is 0 Å². The van der Waals surface area contributed by atoms with E-state index in [1.54, 1.807) is 4.90 Å². The third kappa shape index (κ3) is 4.05. The summed E-state index contributed by atoms with van der Waals surface area (Å²) in [5, 5.41) is 5.26. The summed E-state index contributed by atoms with van der Waals surface area (Å²) in [4.78, 5) is 26.8. The van der Waals surface area contributed by atoms with Crippen LogP contribution in [0.2, 0.25) is 0 Å². The number of nitrogens with zero attached hydrogens (tertiary/aromatic N) is 1. The smallest absolute Gasteiger partial charge is 0.249 e. The van der Waals surface area contributed by atoms with Crippen LogP contribution < -0.4 is 5.32 Å². The van der Waals surface area contributed by atoms with Gasteiger partial charge in [-0.2, -0.15) is 0 Å². The van der Waals surface area contributed by atoms with Gasteiger partial charge in [0.1, 0.15) is 12.6 Å². The fourth-order valence-corrected chi connectivity index (χ4v) is 3.46. The maximum absolute atomic E-state index is 12.8. The maximum atomic E-state index is 12.8. The molecule has 0 spiro atoms. The molecule has 1 aliphatic rings. The molecule has 4 rings (SSSR count). The summed E-state index contributed by atoms with van der Waals surface area (Å²) >= 11 is 0. The molecule has 1 fully saturated rings. The number of hydrogen-bond donors (Lipinski definition) is 1. The Hall–Kier alpha value is -3.18. The highest BCUT2D eigenvalue weighted by molar-refractivity contribution is 5.89. The predicted molar refractivity (Wildman–Crippen MR) is 107 cm³/mol. The van der Waals surface area contributed by atoms with E-state index in [1.165, 1.54) is 0 Å². The number of ether oxygens (including phenoxy) is 1. The van der Waals surface area contributed by atoms with E-state index in [-0.39, 0.29) is 25.0 Å². The minimum Gasteiger partial charge on any atom is -0.369 e. The SMILES string of the molecule is O=C(NCc1ccc2ccccc2c1)C1COCC(=O)N1Cc1ccccc1. The summed E-state index contributed by atoms with van der Waals surface area (Å²) in [7, 11) is 0. The van der Waals surface area contributed by atoms with E-state index in [0.29, 0.717) is 13.1 Å². The standard InChI is InChI=1S/C23H22N2O3/c26-22-16-28-15-21(25(22)14-17-6-2-1-3-7-17)23(27)24-13-18-10-11-19-8-4-5-9-20(19)12-18/h1-12,21H,13-16H2,(H,24,27). The summed E-state index contributed by atoms with van der Waals surface area (Å²) < 4.78 is 5.34. The van der Waals surface area contributed by atoms with Crippen LogP contribution in [-0.4, -0.2) is 36.0 Å². The Balaban J connectivity index is 1.44. The van der Waals surface area contributed by atoms with E-state index in [2.05, 4.69) is 23.5 Å². The number of rotatable bonds is 5.